The van der Waals surface area contributed by atoms with E-state index in [1.54, 1.807) is 30.3 Å². The number of carboxylic acid groups (broad SMARTS) is 1. The van der Waals surface area contributed by atoms with Crippen LogP contribution in [0.25, 0.3) is 0 Å². The Morgan fingerprint density at radius 3 is 3.09 bits per heavy atom. The van der Waals surface area contributed by atoms with Crippen molar-refractivity contribution >= 4 is 12.0 Å². The van der Waals surface area contributed by atoms with Crippen LogP contribution in [0.15, 0.2) is 18.3 Å². The Hall–Kier alpha value is -2.31. The first-order chi connectivity index (χ1) is 11.0. The van der Waals surface area contributed by atoms with Crippen LogP contribution < -0.4 is 10.1 Å². The van der Waals surface area contributed by atoms with Gasteiger partial charge in [-0.25, -0.2) is 9.78 Å². The summed E-state index contributed by atoms with van der Waals surface area (Å²) < 4.78 is 5.05. The molecular formula is C16H21N3O4. The van der Waals surface area contributed by atoms with E-state index in [1.807, 2.05) is 0 Å². The molecule has 7 heteroatoms. The third kappa shape index (κ3) is 2.83. The maximum atomic E-state index is 12.3. The molecule has 0 unspecified atom stereocenters. The zero-order chi connectivity index (χ0) is 16.4. The summed E-state index contributed by atoms with van der Waals surface area (Å²) in [6, 6.07) is 3.36. The number of carbonyl (C=O) groups excluding carboxylic acids is 1. The van der Waals surface area contributed by atoms with Gasteiger partial charge >= 0.3 is 12.0 Å². The van der Waals surface area contributed by atoms with Gasteiger partial charge in [-0.1, -0.05) is 6.42 Å². The topological polar surface area (TPSA) is 91.8 Å². The van der Waals surface area contributed by atoms with E-state index < -0.39 is 11.4 Å². The second-order valence-corrected chi connectivity index (χ2v) is 6.30. The van der Waals surface area contributed by atoms with Crippen LogP contribution in [-0.4, -0.2) is 47.2 Å². The molecule has 2 N–H and O–H groups in total. The smallest absolute Gasteiger partial charge is 0.317 e. The first-order valence-corrected chi connectivity index (χ1v) is 7.80. The molecule has 1 saturated heterocycles. The number of nitrogens with zero attached hydrogens (tertiary/aromatic N) is 2. The Morgan fingerprint density at radius 1 is 1.57 bits per heavy atom. The van der Waals surface area contributed by atoms with Gasteiger partial charge in [-0.2, -0.15) is 0 Å². The van der Waals surface area contributed by atoms with Gasteiger partial charge in [0.15, 0.2) is 0 Å². The first kappa shape index (κ1) is 15.6. The molecule has 0 spiro atoms. The normalized spacial score (nSPS) is 26.0. The highest BCUT2D eigenvalue weighted by molar-refractivity contribution is 5.80. The van der Waals surface area contributed by atoms with Crippen molar-refractivity contribution in [3.8, 4) is 5.88 Å². The zero-order valence-corrected chi connectivity index (χ0v) is 13.1. The molecule has 1 saturated carbocycles. The number of ether oxygens (including phenoxy) is 1. The molecule has 1 aromatic rings. The number of pyridine rings is 1. The Labute approximate surface area is 134 Å². The third-order valence-corrected chi connectivity index (χ3v) is 5.04. The van der Waals surface area contributed by atoms with E-state index in [4.69, 9.17) is 4.74 Å². The van der Waals surface area contributed by atoms with Crippen LogP contribution in [0.3, 0.4) is 0 Å². The van der Waals surface area contributed by atoms with Crippen LogP contribution in [0.4, 0.5) is 4.79 Å². The molecular weight excluding hydrogens is 298 g/mol. The lowest BCUT2D eigenvalue weighted by atomic mass is 9.81. The Bertz CT molecular complexity index is 621. The van der Waals surface area contributed by atoms with Crippen LogP contribution in [0, 0.1) is 11.3 Å². The summed E-state index contributed by atoms with van der Waals surface area (Å²) in [6.45, 7) is 1.19. The molecule has 2 atom stereocenters. The maximum absolute atomic E-state index is 12.3. The van der Waals surface area contributed by atoms with E-state index in [0.717, 1.165) is 18.4 Å². The van der Waals surface area contributed by atoms with E-state index in [0.29, 0.717) is 31.9 Å². The highest BCUT2D eigenvalue weighted by atomic mass is 16.5. The number of carboxylic acids is 1. The quantitative estimate of drug-likeness (QED) is 0.877. The average Bonchev–Trinajstić information content (AvgIpc) is 3.11. The van der Waals surface area contributed by atoms with Gasteiger partial charge in [0.05, 0.1) is 12.5 Å². The van der Waals surface area contributed by atoms with Crippen LogP contribution in [0.5, 0.6) is 5.88 Å². The molecule has 1 aliphatic carbocycles. The average molecular weight is 319 g/mol. The lowest BCUT2D eigenvalue weighted by molar-refractivity contribution is -0.149. The summed E-state index contributed by atoms with van der Waals surface area (Å²) in [6.07, 6.45) is 4.11. The van der Waals surface area contributed by atoms with Crippen LogP contribution in [0.1, 0.15) is 24.8 Å². The molecule has 1 aliphatic heterocycles. The minimum atomic E-state index is -0.769. The molecule has 1 aromatic heterocycles. The van der Waals surface area contributed by atoms with Crippen molar-refractivity contribution in [2.45, 2.75) is 25.8 Å². The number of aliphatic carboxylic acids is 1. The number of aromatic nitrogens is 1. The number of hydrogen-bond acceptors (Lipinski definition) is 4. The molecule has 2 fully saturated rings. The van der Waals surface area contributed by atoms with E-state index in [-0.39, 0.29) is 11.9 Å². The Balaban J connectivity index is 1.60. The van der Waals surface area contributed by atoms with E-state index in [1.165, 1.54) is 0 Å². The van der Waals surface area contributed by atoms with Gasteiger partial charge in [0.1, 0.15) is 0 Å². The van der Waals surface area contributed by atoms with Gasteiger partial charge in [0, 0.05) is 31.9 Å². The van der Waals surface area contributed by atoms with E-state index >= 15 is 0 Å². The molecule has 7 nitrogen and oxygen atoms in total. The van der Waals surface area contributed by atoms with Crippen molar-refractivity contribution in [3.05, 3.63) is 23.9 Å². The maximum Gasteiger partial charge on any atom is 0.317 e. The predicted molar refractivity (Wildman–Crippen MR) is 82.0 cm³/mol. The highest BCUT2D eigenvalue weighted by Gasteiger charge is 2.55. The molecule has 124 valence electrons. The summed E-state index contributed by atoms with van der Waals surface area (Å²) in [7, 11) is 1.54. The van der Waals surface area contributed by atoms with Gasteiger partial charge in [-0.05, 0) is 30.4 Å². The largest absolute Gasteiger partial charge is 0.481 e. The van der Waals surface area contributed by atoms with Crippen molar-refractivity contribution in [2.24, 2.45) is 11.3 Å². The SMILES string of the molecule is COc1cc(CNC(=O)N2C[C@@H]3CCC[C@@]3(C(=O)O)C2)ccn1. The molecule has 2 aliphatic rings. The predicted octanol–water partition coefficient (Wildman–Crippen LogP) is 1.49. The fourth-order valence-corrected chi connectivity index (χ4v) is 3.76. The van der Waals surface area contributed by atoms with Crippen LogP contribution >= 0.6 is 0 Å². The third-order valence-electron chi connectivity index (χ3n) is 5.04. The van der Waals surface area contributed by atoms with Crippen molar-refractivity contribution in [1.29, 1.82) is 0 Å². The number of urea groups is 1. The molecule has 23 heavy (non-hydrogen) atoms. The van der Waals surface area contributed by atoms with Gasteiger partial charge in [-0.3, -0.25) is 4.79 Å². The summed E-state index contributed by atoms with van der Waals surface area (Å²) >= 11 is 0. The number of hydrogen-bond donors (Lipinski definition) is 2. The number of fused-ring (bicyclic) bond motifs is 1. The number of carbonyl (C=O) groups is 2. The zero-order valence-electron chi connectivity index (χ0n) is 13.1. The number of likely N-dealkylation sites (tertiary alicyclic amines) is 1. The number of amides is 2. The molecule has 0 bridgehead atoms. The number of methoxy groups -OCH3 is 1. The molecule has 0 radical (unpaired) electrons. The number of nitrogens with one attached hydrogen (secondary N) is 1. The van der Waals surface area contributed by atoms with Crippen molar-refractivity contribution in [3.63, 3.8) is 0 Å². The first-order valence-electron chi connectivity index (χ1n) is 7.80. The number of rotatable bonds is 4. The summed E-state index contributed by atoms with van der Waals surface area (Å²) in [5.41, 5.74) is 0.148. The minimum Gasteiger partial charge on any atom is -0.481 e. The molecule has 0 aromatic carbocycles. The fourth-order valence-electron chi connectivity index (χ4n) is 3.76. The summed E-state index contributed by atoms with van der Waals surface area (Å²) in [5.74, 6) is -0.196. The highest BCUT2D eigenvalue weighted by Crippen LogP contribution is 2.48. The minimum absolute atomic E-state index is 0.0757. The van der Waals surface area contributed by atoms with E-state index in [9.17, 15) is 14.7 Å². The van der Waals surface area contributed by atoms with Crippen molar-refractivity contribution in [1.82, 2.24) is 15.2 Å². The standard InChI is InChI=1S/C16H21N3O4/c1-23-13-7-11(4-6-17-13)8-18-15(22)19-9-12-3-2-5-16(12,10-19)14(20)21/h4,6-7,12H,2-3,5,8-10H2,1H3,(H,18,22)(H,20,21)/t12-,16+/m0/s1. The van der Waals surface area contributed by atoms with Gasteiger partial charge in [-0.15, -0.1) is 0 Å². The van der Waals surface area contributed by atoms with Crippen molar-refractivity contribution < 1.29 is 19.4 Å². The lowest BCUT2D eigenvalue weighted by Crippen LogP contribution is -2.41. The van der Waals surface area contributed by atoms with Gasteiger partial charge in [0.2, 0.25) is 5.88 Å². The van der Waals surface area contributed by atoms with Gasteiger partial charge in [0.25, 0.3) is 0 Å². The molecule has 2 amide bonds. The Morgan fingerprint density at radius 2 is 2.39 bits per heavy atom. The molecule has 2 heterocycles. The second-order valence-electron chi connectivity index (χ2n) is 6.30. The summed E-state index contributed by atoms with van der Waals surface area (Å²) in [4.78, 5) is 29.6. The Kier molecular flexibility index (Phi) is 4.11. The second kappa shape index (κ2) is 6.06. The van der Waals surface area contributed by atoms with E-state index in [2.05, 4.69) is 10.3 Å². The van der Waals surface area contributed by atoms with Crippen LogP contribution in [0.2, 0.25) is 0 Å². The van der Waals surface area contributed by atoms with Gasteiger partial charge < -0.3 is 20.1 Å². The summed E-state index contributed by atoms with van der Waals surface area (Å²) in [5, 5.41) is 12.4. The van der Waals surface area contributed by atoms with Crippen molar-refractivity contribution in [2.75, 3.05) is 20.2 Å². The van der Waals surface area contributed by atoms with Crippen LogP contribution in [-0.2, 0) is 11.3 Å². The molecule has 3 rings (SSSR count). The lowest BCUT2D eigenvalue weighted by Gasteiger charge is -2.23. The fraction of sp³-hybridized carbons (Fsp3) is 0.562. The monoisotopic (exact) mass is 319 g/mol.